The van der Waals surface area contributed by atoms with Crippen molar-refractivity contribution < 1.29 is 4.74 Å². The van der Waals surface area contributed by atoms with Crippen LogP contribution in [0.25, 0.3) is 0 Å². The van der Waals surface area contributed by atoms with Gasteiger partial charge in [0.05, 0.1) is 7.11 Å². The van der Waals surface area contributed by atoms with Gasteiger partial charge in [-0.05, 0) is 36.3 Å². The molecule has 0 atom stereocenters. The molecule has 19 heavy (non-hydrogen) atoms. The predicted octanol–water partition coefficient (Wildman–Crippen LogP) is 3.17. The van der Waals surface area contributed by atoms with Crippen molar-refractivity contribution in [3.8, 4) is 5.75 Å². The van der Waals surface area contributed by atoms with Crippen LogP contribution in [0.3, 0.4) is 0 Å². The van der Waals surface area contributed by atoms with Gasteiger partial charge in [0.1, 0.15) is 5.75 Å². The quantitative estimate of drug-likeness (QED) is 0.909. The zero-order valence-corrected chi connectivity index (χ0v) is 12.4. The molecule has 0 saturated carbocycles. The lowest BCUT2D eigenvalue weighted by Crippen LogP contribution is -2.26. The second-order valence-electron chi connectivity index (χ2n) is 6.20. The van der Waals surface area contributed by atoms with Gasteiger partial charge in [-0.1, -0.05) is 19.9 Å². The summed E-state index contributed by atoms with van der Waals surface area (Å²) in [7, 11) is 1.72. The molecule has 0 bridgehead atoms. The normalized spacial score (nSPS) is 19.1. The molecule has 0 amide bonds. The molecule has 0 aliphatic carbocycles. The van der Waals surface area contributed by atoms with Gasteiger partial charge >= 0.3 is 0 Å². The van der Waals surface area contributed by atoms with Gasteiger partial charge in [0, 0.05) is 31.4 Å². The highest BCUT2D eigenvalue weighted by Crippen LogP contribution is 2.34. The summed E-state index contributed by atoms with van der Waals surface area (Å²) in [6, 6.07) is 6.21. The fourth-order valence-corrected chi connectivity index (χ4v) is 2.80. The van der Waals surface area contributed by atoms with Crippen LogP contribution >= 0.6 is 0 Å². The van der Waals surface area contributed by atoms with Crippen molar-refractivity contribution in [3.05, 3.63) is 23.8 Å². The first kappa shape index (κ1) is 14.2. The highest BCUT2D eigenvalue weighted by Gasteiger charge is 2.24. The van der Waals surface area contributed by atoms with Crippen molar-refractivity contribution in [2.45, 2.75) is 39.7 Å². The number of hydrogen-bond donors (Lipinski definition) is 1. The summed E-state index contributed by atoms with van der Waals surface area (Å²) < 4.78 is 5.35. The van der Waals surface area contributed by atoms with Crippen LogP contribution in [0.15, 0.2) is 18.2 Å². The van der Waals surface area contributed by atoms with E-state index in [-0.39, 0.29) is 0 Å². The summed E-state index contributed by atoms with van der Waals surface area (Å²) in [4.78, 5) is 2.47. The largest absolute Gasteiger partial charge is 0.497 e. The molecular weight excluding hydrogens is 236 g/mol. The lowest BCUT2D eigenvalue weighted by atomic mass is 9.85. The molecule has 1 aromatic rings. The van der Waals surface area contributed by atoms with Crippen LogP contribution in [0, 0.1) is 5.41 Å². The highest BCUT2D eigenvalue weighted by molar-refractivity contribution is 5.57. The summed E-state index contributed by atoms with van der Waals surface area (Å²) >= 11 is 0. The Morgan fingerprint density at radius 2 is 2.05 bits per heavy atom. The third-order valence-corrected chi connectivity index (χ3v) is 4.19. The summed E-state index contributed by atoms with van der Waals surface area (Å²) in [5.74, 6) is 0.913. The Balaban J connectivity index is 2.24. The van der Waals surface area contributed by atoms with E-state index in [1.54, 1.807) is 7.11 Å². The molecule has 0 unspecified atom stereocenters. The lowest BCUT2D eigenvalue weighted by Gasteiger charge is -2.27. The third-order valence-electron chi connectivity index (χ3n) is 4.19. The molecule has 3 heteroatoms. The second-order valence-corrected chi connectivity index (χ2v) is 6.20. The topological polar surface area (TPSA) is 38.5 Å². The van der Waals surface area contributed by atoms with Crippen molar-refractivity contribution in [1.82, 2.24) is 0 Å². The first-order valence-corrected chi connectivity index (χ1v) is 7.18. The molecule has 2 rings (SSSR count). The molecule has 0 aromatic heterocycles. The van der Waals surface area contributed by atoms with E-state index in [4.69, 9.17) is 10.5 Å². The van der Waals surface area contributed by atoms with Gasteiger partial charge in [-0.25, -0.2) is 0 Å². The van der Waals surface area contributed by atoms with Crippen LogP contribution in [0.4, 0.5) is 5.69 Å². The predicted molar refractivity (Wildman–Crippen MR) is 80.7 cm³/mol. The van der Waals surface area contributed by atoms with E-state index >= 15 is 0 Å². The zero-order chi connectivity index (χ0) is 13.9. The van der Waals surface area contributed by atoms with E-state index in [1.165, 1.54) is 30.5 Å². The molecule has 1 aliphatic rings. The Morgan fingerprint density at radius 1 is 1.26 bits per heavy atom. The summed E-state index contributed by atoms with van der Waals surface area (Å²) in [5.41, 5.74) is 8.79. The SMILES string of the molecule is COc1ccc(CN)c(N2CCCC(C)(C)CC2)c1. The van der Waals surface area contributed by atoms with Crippen molar-refractivity contribution >= 4 is 5.69 Å². The number of ether oxygens (including phenoxy) is 1. The van der Waals surface area contributed by atoms with Gasteiger partial charge in [-0.2, -0.15) is 0 Å². The van der Waals surface area contributed by atoms with Gasteiger partial charge in [0.15, 0.2) is 0 Å². The van der Waals surface area contributed by atoms with Crippen LogP contribution in [0.5, 0.6) is 5.75 Å². The van der Waals surface area contributed by atoms with Gasteiger partial charge < -0.3 is 15.4 Å². The molecular formula is C16H26N2O. The van der Waals surface area contributed by atoms with Crippen molar-refractivity contribution in [1.29, 1.82) is 0 Å². The Bertz CT molecular complexity index is 429. The zero-order valence-electron chi connectivity index (χ0n) is 12.4. The maximum Gasteiger partial charge on any atom is 0.120 e. The third kappa shape index (κ3) is 3.41. The Kier molecular flexibility index (Phi) is 4.35. The lowest BCUT2D eigenvalue weighted by molar-refractivity contribution is 0.325. The maximum absolute atomic E-state index is 5.87. The van der Waals surface area contributed by atoms with E-state index in [1.807, 2.05) is 6.07 Å². The fourth-order valence-electron chi connectivity index (χ4n) is 2.80. The Labute approximate surface area is 116 Å². The molecule has 1 saturated heterocycles. The van der Waals surface area contributed by atoms with E-state index in [9.17, 15) is 0 Å². The van der Waals surface area contributed by atoms with Crippen molar-refractivity contribution in [3.63, 3.8) is 0 Å². The number of anilines is 1. The fraction of sp³-hybridized carbons (Fsp3) is 0.625. The van der Waals surface area contributed by atoms with E-state index < -0.39 is 0 Å². The molecule has 0 spiro atoms. The van der Waals surface area contributed by atoms with Crippen LogP contribution in [0.1, 0.15) is 38.7 Å². The molecule has 1 fully saturated rings. The number of methoxy groups -OCH3 is 1. The average Bonchev–Trinajstić information content (AvgIpc) is 2.59. The van der Waals surface area contributed by atoms with Gasteiger partial charge in [-0.15, -0.1) is 0 Å². The molecule has 0 radical (unpaired) electrons. The number of rotatable bonds is 3. The summed E-state index contributed by atoms with van der Waals surface area (Å²) in [6.07, 6.45) is 3.77. The first-order chi connectivity index (χ1) is 9.05. The summed E-state index contributed by atoms with van der Waals surface area (Å²) in [5, 5.41) is 0. The summed E-state index contributed by atoms with van der Waals surface area (Å²) in [6.45, 7) is 7.54. The van der Waals surface area contributed by atoms with Crippen molar-refractivity contribution in [2.24, 2.45) is 11.1 Å². The smallest absolute Gasteiger partial charge is 0.120 e. The Hall–Kier alpha value is -1.22. The van der Waals surface area contributed by atoms with Crippen LogP contribution < -0.4 is 15.4 Å². The second kappa shape index (κ2) is 5.83. The highest BCUT2D eigenvalue weighted by atomic mass is 16.5. The van der Waals surface area contributed by atoms with Gasteiger partial charge in [-0.3, -0.25) is 0 Å². The van der Waals surface area contributed by atoms with Gasteiger partial charge in [0.25, 0.3) is 0 Å². The van der Waals surface area contributed by atoms with Crippen LogP contribution in [0.2, 0.25) is 0 Å². The maximum atomic E-state index is 5.87. The van der Waals surface area contributed by atoms with Gasteiger partial charge in [0.2, 0.25) is 0 Å². The number of hydrogen-bond acceptors (Lipinski definition) is 3. The number of benzene rings is 1. The first-order valence-electron chi connectivity index (χ1n) is 7.18. The van der Waals surface area contributed by atoms with E-state index in [2.05, 4.69) is 30.9 Å². The van der Waals surface area contributed by atoms with Crippen molar-refractivity contribution in [2.75, 3.05) is 25.1 Å². The van der Waals surface area contributed by atoms with Crippen LogP contribution in [-0.2, 0) is 6.54 Å². The Morgan fingerprint density at radius 3 is 2.74 bits per heavy atom. The standard InChI is InChI=1S/C16H26N2O/c1-16(2)7-4-9-18(10-8-16)15-11-14(19-3)6-5-13(15)12-17/h5-6,11H,4,7-10,12,17H2,1-3H3. The average molecular weight is 262 g/mol. The van der Waals surface area contributed by atoms with E-state index in [0.717, 1.165) is 18.8 Å². The minimum atomic E-state index is 0.455. The molecule has 1 aromatic carbocycles. The molecule has 3 nitrogen and oxygen atoms in total. The molecule has 2 N–H and O–H groups in total. The minimum absolute atomic E-state index is 0.455. The number of nitrogens with two attached hydrogens (primary N) is 1. The minimum Gasteiger partial charge on any atom is -0.497 e. The molecule has 1 aliphatic heterocycles. The van der Waals surface area contributed by atoms with Crippen LogP contribution in [-0.4, -0.2) is 20.2 Å². The monoisotopic (exact) mass is 262 g/mol. The molecule has 106 valence electrons. The van der Waals surface area contributed by atoms with E-state index in [0.29, 0.717) is 12.0 Å². The number of nitrogens with zero attached hydrogens (tertiary/aromatic N) is 1. The molecule has 1 heterocycles.